The molecule has 0 N–H and O–H groups in total. The quantitative estimate of drug-likeness (QED) is 0.300. The van der Waals surface area contributed by atoms with E-state index in [1.54, 1.807) is 27.7 Å². The summed E-state index contributed by atoms with van der Waals surface area (Å²) in [7, 11) is -8.48. The average molecular weight is 464 g/mol. The maximum absolute atomic E-state index is 13.8. The molecule has 1 unspecified atom stereocenters. The Balaban J connectivity index is 2.54. The minimum Gasteiger partial charge on any atom is -0.307 e. The van der Waals surface area contributed by atoms with E-state index in [-0.39, 0.29) is 38.4 Å². The number of carbonyl (C=O) groups is 1. The Kier molecular flexibility index (Phi) is 8.62. The third-order valence-electron chi connectivity index (χ3n) is 4.33. The zero-order valence-electron chi connectivity index (χ0n) is 17.4. The first kappa shape index (κ1) is 25.0. The SMILES string of the molecule is CCOP(=O)(OCC)C1(P(=O)(OCC)OCC)CC(C(=O)c2ccc(F)cc2)N=N1. The fraction of sp³-hybridized carbons (Fsp3) is 0.611. The summed E-state index contributed by atoms with van der Waals surface area (Å²) in [4.78, 5) is 12.9. The van der Waals surface area contributed by atoms with Gasteiger partial charge in [0.2, 0.25) is 0 Å². The van der Waals surface area contributed by atoms with Crippen molar-refractivity contribution in [2.45, 2.75) is 45.2 Å². The zero-order chi connectivity index (χ0) is 22.4. The monoisotopic (exact) mass is 464 g/mol. The molecule has 1 aliphatic rings. The molecule has 1 aromatic rings. The fourth-order valence-corrected chi connectivity index (χ4v) is 8.45. The van der Waals surface area contributed by atoms with Gasteiger partial charge in [0.15, 0.2) is 5.78 Å². The number of halogens is 1. The topological polar surface area (TPSA) is 113 Å². The molecule has 1 aromatic carbocycles. The summed E-state index contributed by atoms with van der Waals surface area (Å²) in [6, 6.07) is 3.76. The van der Waals surface area contributed by atoms with Crippen molar-refractivity contribution in [1.29, 1.82) is 0 Å². The molecule has 0 fully saturated rings. The molecule has 9 nitrogen and oxygen atoms in total. The Hall–Kier alpha value is -1.28. The van der Waals surface area contributed by atoms with Crippen LogP contribution in [-0.4, -0.2) is 43.3 Å². The average Bonchev–Trinajstić information content (AvgIpc) is 3.17. The summed E-state index contributed by atoms with van der Waals surface area (Å²) in [6.07, 6.45) is -0.363. The Bertz CT molecular complexity index is 813. The third-order valence-corrected chi connectivity index (χ3v) is 10.5. The van der Waals surface area contributed by atoms with E-state index in [2.05, 4.69) is 10.2 Å². The predicted molar refractivity (Wildman–Crippen MR) is 108 cm³/mol. The van der Waals surface area contributed by atoms with Crippen molar-refractivity contribution >= 4 is 21.0 Å². The molecular formula is C18H27FN2O7P2. The molecule has 0 aromatic heterocycles. The molecule has 1 aliphatic heterocycles. The Morgan fingerprint density at radius 3 is 1.80 bits per heavy atom. The molecular weight excluding hydrogens is 437 g/mol. The van der Waals surface area contributed by atoms with Crippen molar-refractivity contribution in [2.24, 2.45) is 10.2 Å². The van der Waals surface area contributed by atoms with Gasteiger partial charge in [0.1, 0.15) is 11.9 Å². The summed E-state index contributed by atoms with van der Waals surface area (Å²) in [5, 5.41) is 5.88. The largest absolute Gasteiger partial charge is 0.372 e. The normalized spacial score (nSPS) is 18.6. The van der Waals surface area contributed by atoms with Gasteiger partial charge in [-0.05, 0) is 52.0 Å². The first-order valence-corrected chi connectivity index (χ1v) is 12.8. The summed E-state index contributed by atoms with van der Waals surface area (Å²) >= 11 is 0. The van der Waals surface area contributed by atoms with Crippen LogP contribution in [0.1, 0.15) is 44.5 Å². The maximum Gasteiger partial charge on any atom is 0.372 e. The van der Waals surface area contributed by atoms with Crippen molar-refractivity contribution in [3.63, 3.8) is 0 Å². The number of azo groups is 1. The molecule has 1 atom stereocenters. The van der Waals surface area contributed by atoms with Crippen LogP contribution in [0.2, 0.25) is 0 Å². The second-order valence-electron chi connectivity index (χ2n) is 6.25. The molecule has 2 rings (SSSR count). The molecule has 0 bridgehead atoms. The van der Waals surface area contributed by atoms with E-state index < -0.39 is 37.9 Å². The minimum atomic E-state index is -4.24. The van der Waals surface area contributed by atoms with Crippen LogP contribution in [0.5, 0.6) is 0 Å². The molecule has 30 heavy (non-hydrogen) atoms. The zero-order valence-corrected chi connectivity index (χ0v) is 19.2. The summed E-state index contributed by atoms with van der Waals surface area (Å²) < 4.78 is 62.5. The third kappa shape index (κ3) is 4.64. The molecule has 12 heteroatoms. The van der Waals surface area contributed by atoms with Gasteiger partial charge in [0.05, 0.1) is 26.4 Å². The van der Waals surface area contributed by atoms with E-state index in [1.807, 2.05) is 0 Å². The number of ketones is 1. The number of rotatable bonds is 12. The highest BCUT2D eigenvalue weighted by Gasteiger charge is 2.69. The smallest absolute Gasteiger partial charge is 0.307 e. The molecule has 0 saturated heterocycles. The van der Waals surface area contributed by atoms with Crippen LogP contribution in [0.25, 0.3) is 0 Å². The number of benzene rings is 1. The number of carbonyl (C=O) groups excluding carboxylic acids is 1. The Morgan fingerprint density at radius 2 is 1.40 bits per heavy atom. The van der Waals surface area contributed by atoms with Gasteiger partial charge >= 0.3 is 15.2 Å². The van der Waals surface area contributed by atoms with Gasteiger partial charge in [0.25, 0.3) is 5.02 Å². The Labute approximate surface area is 175 Å². The van der Waals surface area contributed by atoms with Crippen molar-refractivity contribution in [2.75, 3.05) is 26.4 Å². The first-order valence-electron chi connectivity index (χ1n) is 9.72. The molecule has 0 spiro atoms. The number of hydrogen-bond acceptors (Lipinski definition) is 9. The van der Waals surface area contributed by atoms with Crippen LogP contribution in [0.15, 0.2) is 34.5 Å². The second kappa shape index (κ2) is 10.4. The van der Waals surface area contributed by atoms with Gasteiger partial charge in [-0.1, -0.05) is 0 Å². The van der Waals surface area contributed by atoms with E-state index in [0.29, 0.717) is 0 Å². The molecule has 0 saturated carbocycles. The summed E-state index contributed by atoms with van der Waals surface area (Å²) in [5.74, 6) is -0.997. The molecule has 0 radical (unpaired) electrons. The van der Waals surface area contributed by atoms with Crippen molar-refractivity contribution in [1.82, 2.24) is 0 Å². The van der Waals surface area contributed by atoms with Crippen LogP contribution >= 0.6 is 15.2 Å². The highest BCUT2D eigenvalue weighted by atomic mass is 31.2. The minimum absolute atomic E-state index is 0.0244. The van der Waals surface area contributed by atoms with Gasteiger partial charge in [-0.25, -0.2) is 4.39 Å². The van der Waals surface area contributed by atoms with Gasteiger partial charge in [-0.2, -0.15) is 10.2 Å². The number of Topliss-reactive ketones (excluding diaryl/α,β-unsaturated/α-hetero) is 1. The van der Waals surface area contributed by atoms with Crippen LogP contribution < -0.4 is 0 Å². The fourth-order valence-electron chi connectivity index (χ4n) is 3.11. The highest BCUT2D eigenvalue weighted by Crippen LogP contribution is 2.81. The van der Waals surface area contributed by atoms with Crippen LogP contribution in [0.3, 0.4) is 0 Å². The highest BCUT2D eigenvalue weighted by molar-refractivity contribution is 7.74. The lowest BCUT2D eigenvalue weighted by Gasteiger charge is -2.36. The molecule has 168 valence electrons. The Morgan fingerprint density at radius 1 is 0.967 bits per heavy atom. The van der Waals surface area contributed by atoms with E-state index in [4.69, 9.17) is 18.1 Å². The van der Waals surface area contributed by atoms with Crippen LogP contribution in [0, 0.1) is 5.82 Å². The standard InChI is InChI=1S/C18H27FN2O7P2/c1-5-25-29(23,26-6-2)18(30(24,27-7-3)28-8-4)13-16(20-21-18)17(22)14-9-11-15(19)12-10-14/h9-12,16H,5-8,13H2,1-4H3. The van der Waals surface area contributed by atoms with Crippen molar-refractivity contribution in [3.05, 3.63) is 35.6 Å². The molecule has 0 amide bonds. The summed E-state index contributed by atoms with van der Waals surface area (Å²) in [5.41, 5.74) is 0.182. The lowest BCUT2D eigenvalue weighted by molar-refractivity contribution is 0.0960. The van der Waals surface area contributed by atoms with E-state index >= 15 is 0 Å². The van der Waals surface area contributed by atoms with Gasteiger partial charge in [-0.3, -0.25) is 13.9 Å². The van der Waals surface area contributed by atoms with E-state index in [0.717, 1.165) is 12.1 Å². The lowest BCUT2D eigenvalue weighted by Crippen LogP contribution is -2.33. The van der Waals surface area contributed by atoms with E-state index in [1.165, 1.54) is 12.1 Å². The van der Waals surface area contributed by atoms with Crippen molar-refractivity contribution in [3.8, 4) is 0 Å². The van der Waals surface area contributed by atoms with Crippen LogP contribution in [-0.2, 0) is 27.2 Å². The summed E-state index contributed by atoms with van der Waals surface area (Å²) in [6.45, 7) is 6.29. The molecule has 0 aliphatic carbocycles. The maximum atomic E-state index is 13.8. The van der Waals surface area contributed by atoms with E-state index in [9.17, 15) is 18.3 Å². The number of hydrogen-bond donors (Lipinski definition) is 0. The van der Waals surface area contributed by atoms with Crippen molar-refractivity contribution < 1.29 is 36.4 Å². The second-order valence-corrected chi connectivity index (χ2v) is 11.1. The van der Waals surface area contributed by atoms with Gasteiger partial charge in [0, 0.05) is 12.0 Å². The van der Waals surface area contributed by atoms with Gasteiger partial charge < -0.3 is 18.1 Å². The lowest BCUT2D eigenvalue weighted by atomic mass is 10.0. The molecule has 1 heterocycles. The van der Waals surface area contributed by atoms with Crippen LogP contribution in [0.4, 0.5) is 4.39 Å². The van der Waals surface area contributed by atoms with Gasteiger partial charge in [-0.15, -0.1) is 0 Å². The first-order chi connectivity index (χ1) is 14.2. The predicted octanol–water partition coefficient (Wildman–Crippen LogP) is 5.42. The number of nitrogens with zero attached hydrogens (tertiary/aromatic N) is 2.